The van der Waals surface area contributed by atoms with E-state index >= 15 is 0 Å². The molecule has 0 nitrogen and oxygen atoms in total. The quantitative estimate of drug-likeness (QED) is 0.657. The minimum Gasteiger partial charge on any atom is -0.0702 e. The van der Waals surface area contributed by atoms with Crippen LogP contribution >= 0.6 is 0 Å². The van der Waals surface area contributed by atoms with E-state index in [-0.39, 0.29) is 0 Å². The van der Waals surface area contributed by atoms with Gasteiger partial charge in [-0.3, -0.25) is 0 Å². The number of hydrogen-bond acceptors (Lipinski definition) is 0. The maximum Gasteiger partial charge on any atom is 0.129 e. The molecular weight excluding hydrogens is 340 g/mol. The fourth-order valence-corrected chi connectivity index (χ4v) is 8.37. The van der Waals surface area contributed by atoms with Crippen molar-refractivity contribution in [1.82, 2.24) is 0 Å². The molecule has 0 aromatic heterocycles. The molecule has 1 unspecified atom stereocenters. The topological polar surface area (TPSA) is 0 Å². The monoisotopic (exact) mass is 368 g/mol. The van der Waals surface area contributed by atoms with E-state index in [9.17, 15) is 0 Å². The van der Waals surface area contributed by atoms with Crippen molar-refractivity contribution in [3.63, 3.8) is 0 Å². The third kappa shape index (κ3) is 3.32. The summed E-state index contributed by atoms with van der Waals surface area (Å²) < 4.78 is 0. The van der Waals surface area contributed by atoms with Crippen molar-refractivity contribution in [2.75, 3.05) is 0 Å². The van der Waals surface area contributed by atoms with Gasteiger partial charge in [-0.15, -0.1) is 0 Å². The zero-order valence-electron chi connectivity index (χ0n) is 16.8. The Morgan fingerprint density at radius 3 is 1.85 bits per heavy atom. The van der Waals surface area contributed by atoms with Gasteiger partial charge in [0.2, 0.25) is 0 Å². The van der Waals surface area contributed by atoms with E-state index in [4.69, 9.17) is 0 Å². The summed E-state index contributed by atoms with van der Waals surface area (Å²) in [7, 11) is -1.45. The zero-order valence-corrected chi connectivity index (χ0v) is 17.9. The molecule has 0 aliphatic heterocycles. The summed E-state index contributed by atoms with van der Waals surface area (Å²) in [6.07, 6.45) is 6.00. The summed E-state index contributed by atoms with van der Waals surface area (Å²) in [5, 5.41) is 4.73. The molecule has 0 spiro atoms. The largest absolute Gasteiger partial charge is 0.129 e. The van der Waals surface area contributed by atoms with E-state index in [2.05, 4.69) is 101 Å². The summed E-state index contributed by atoms with van der Waals surface area (Å²) in [6, 6.07) is 22.4. The molecule has 1 atom stereocenters. The van der Waals surface area contributed by atoms with Crippen LogP contribution in [0, 0.1) is 5.92 Å². The summed E-state index contributed by atoms with van der Waals surface area (Å²) in [5.41, 5.74) is 7.51. The molecule has 2 aliphatic rings. The second-order valence-electron chi connectivity index (χ2n) is 8.03. The highest BCUT2D eigenvalue weighted by Gasteiger charge is 2.32. The third-order valence-electron chi connectivity index (χ3n) is 6.04. The molecule has 27 heavy (non-hydrogen) atoms. The molecule has 2 aliphatic carbocycles. The van der Waals surface area contributed by atoms with Gasteiger partial charge in [-0.05, 0) is 55.4 Å². The highest BCUT2D eigenvalue weighted by molar-refractivity contribution is 6.91. The third-order valence-corrected chi connectivity index (χ3v) is 9.72. The first-order chi connectivity index (χ1) is 13.1. The first-order valence-corrected chi connectivity index (χ1v) is 11.7. The van der Waals surface area contributed by atoms with Crippen molar-refractivity contribution in [3.05, 3.63) is 106 Å². The van der Waals surface area contributed by atoms with Crippen molar-refractivity contribution in [2.45, 2.75) is 34.1 Å². The van der Waals surface area contributed by atoms with Gasteiger partial charge < -0.3 is 0 Å². The number of allylic oxidation sites excluding steroid dienone is 8. The lowest BCUT2D eigenvalue weighted by Crippen LogP contribution is -2.45. The van der Waals surface area contributed by atoms with Crippen LogP contribution in [0.3, 0.4) is 0 Å². The van der Waals surface area contributed by atoms with Crippen LogP contribution in [0.2, 0.25) is 0 Å². The van der Waals surface area contributed by atoms with Gasteiger partial charge in [-0.1, -0.05) is 101 Å². The van der Waals surface area contributed by atoms with Crippen molar-refractivity contribution in [2.24, 2.45) is 5.92 Å². The molecule has 1 heteroatoms. The molecule has 4 rings (SSSR count). The predicted octanol–water partition coefficient (Wildman–Crippen LogP) is 5.13. The van der Waals surface area contributed by atoms with Crippen LogP contribution in [0.5, 0.6) is 0 Å². The number of hydrogen-bond donors (Lipinski definition) is 0. The minimum atomic E-state index is -1.45. The molecular formula is C26H28Si. The average Bonchev–Trinajstić information content (AvgIpc) is 3.16. The van der Waals surface area contributed by atoms with Crippen molar-refractivity contribution in [1.29, 1.82) is 0 Å². The molecule has 2 aromatic rings. The molecule has 0 heterocycles. The van der Waals surface area contributed by atoms with E-state index in [1.54, 1.807) is 10.8 Å². The second kappa shape index (κ2) is 7.32. The second-order valence-corrected chi connectivity index (χ2v) is 10.9. The predicted molar refractivity (Wildman–Crippen MR) is 120 cm³/mol. The van der Waals surface area contributed by atoms with Crippen LogP contribution in [0.25, 0.3) is 0 Å². The molecule has 136 valence electrons. The fraction of sp³-hybridized carbons (Fsp3) is 0.231. The van der Waals surface area contributed by atoms with Crippen molar-refractivity contribution in [3.8, 4) is 0 Å². The highest BCUT2D eigenvalue weighted by atomic mass is 28.3. The fourth-order valence-electron chi connectivity index (χ4n) is 4.84. The molecule has 0 fully saturated rings. The van der Waals surface area contributed by atoms with Gasteiger partial charge in [-0.2, -0.15) is 0 Å². The molecule has 0 saturated heterocycles. The Morgan fingerprint density at radius 2 is 1.37 bits per heavy atom. The Balaban J connectivity index is 1.83. The van der Waals surface area contributed by atoms with Crippen molar-refractivity contribution < 1.29 is 0 Å². The van der Waals surface area contributed by atoms with Crippen LogP contribution in [-0.4, -0.2) is 8.80 Å². The Kier molecular flexibility index (Phi) is 4.88. The average molecular weight is 369 g/mol. The van der Waals surface area contributed by atoms with Crippen LogP contribution in [0.4, 0.5) is 0 Å². The lowest BCUT2D eigenvalue weighted by molar-refractivity contribution is 0.925. The minimum absolute atomic E-state index is 0.512. The lowest BCUT2D eigenvalue weighted by atomic mass is 9.97. The maximum absolute atomic E-state index is 2.53. The first kappa shape index (κ1) is 18.0. The molecule has 0 bridgehead atoms. The van der Waals surface area contributed by atoms with Gasteiger partial charge in [0.05, 0.1) is 0 Å². The van der Waals surface area contributed by atoms with Crippen LogP contribution in [0.15, 0.2) is 106 Å². The standard InChI is InChI=1S/C26H28Si/c1-18-15-19(2)24(16-18)25-17-20(3)26(21(25)4)27(22-11-7-5-8-12-22)23-13-9-6-10-14-23/h5-15,17,20,27H,16H2,1-4H3. The van der Waals surface area contributed by atoms with Crippen LogP contribution in [-0.2, 0) is 0 Å². The Labute approximate surface area is 165 Å². The molecule has 0 N–H and O–H groups in total. The van der Waals surface area contributed by atoms with Gasteiger partial charge in [0, 0.05) is 0 Å². The molecule has 0 amide bonds. The Morgan fingerprint density at radius 1 is 0.815 bits per heavy atom. The Hall–Kier alpha value is -2.38. The van der Waals surface area contributed by atoms with E-state index in [0.717, 1.165) is 6.42 Å². The van der Waals surface area contributed by atoms with Crippen LogP contribution in [0.1, 0.15) is 34.1 Å². The van der Waals surface area contributed by atoms with E-state index in [1.165, 1.54) is 32.7 Å². The Bertz CT molecular complexity index is 932. The summed E-state index contributed by atoms with van der Waals surface area (Å²) in [4.78, 5) is 0. The van der Waals surface area contributed by atoms with Crippen LogP contribution < -0.4 is 10.4 Å². The van der Waals surface area contributed by atoms with Gasteiger partial charge >= 0.3 is 0 Å². The smallest absolute Gasteiger partial charge is 0.0702 e. The van der Waals surface area contributed by atoms with Gasteiger partial charge in [0.25, 0.3) is 0 Å². The van der Waals surface area contributed by atoms with E-state index in [0.29, 0.717) is 5.92 Å². The SMILES string of the molecule is CC1=CC(C)=C(C2=CC(C)C([SiH](c3ccccc3)c3ccccc3)=C2C)C1. The molecule has 0 radical (unpaired) electrons. The normalized spacial score (nSPS) is 19.8. The highest BCUT2D eigenvalue weighted by Crippen LogP contribution is 2.41. The van der Waals surface area contributed by atoms with E-state index < -0.39 is 8.80 Å². The summed E-state index contributed by atoms with van der Waals surface area (Å²) in [5.74, 6) is 0.512. The number of benzene rings is 2. The number of rotatable bonds is 4. The zero-order chi connectivity index (χ0) is 19.0. The maximum atomic E-state index is 2.53. The van der Waals surface area contributed by atoms with Gasteiger partial charge in [0.15, 0.2) is 0 Å². The summed E-state index contributed by atoms with van der Waals surface area (Å²) >= 11 is 0. The first-order valence-electron chi connectivity index (χ1n) is 9.96. The lowest BCUT2D eigenvalue weighted by Gasteiger charge is -2.23. The molecule has 2 aromatic carbocycles. The van der Waals surface area contributed by atoms with Gasteiger partial charge in [0.1, 0.15) is 8.80 Å². The van der Waals surface area contributed by atoms with Crippen molar-refractivity contribution >= 4 is 19.2 Å². The summed E-state index contributed by atoms with van der Waals surface area (Å²) in [6.45, 7) is 9.28. The van der Waals surface area contributed by atoms with Gasteiger partial charge in [-0.25, -0.2) is 0 Å². The molecule has 0 saturated carbocycles. The van der Waals surface area contributed by atoms with E-state index in [1.807, 2.05) is 0 Å².